The largest absolute Gasteiger partial charge is 0.379 e. The molecule has 3 aliphatic rings. The van der Waals surface area contributed by atoms with Crippen LogP contribution >= 0.6 is 0 Å². The summed E-state index contributed by atoms with van der Waals surface area (Å²) in [5.74, 6) is -0.342. The molecule has 0 aliphatic carbocycles. The zero-order valence-corrected chi connectivity index (χ0v) is 18.4. The van der Waals surface area contributed by atoms with Crippen LogP contribution in [0.2, 0.25) is 0 Å². The molecule has 3 heterocycles. The number of ether oxygens (including phenoxy) is 1. The van der Waals surface area contributed by atoms with Gasteiger partial charge in [-0.25, -0.2) is 4.39 Å². The van der Waals surface area contributed by atoms with Gasteiger partial charge in [-0.15, -0.1) is 0 Å². The average molecular weight is 447 g/mol. The Bertz CT molecular complexity index is 812. The number of hydrogen-bond acceptors (Lipinski definition) is 5. The van der Waals surface area contributed by atoms with Crippen molar-refractivity contribution in [3.8, 4) is 0 Å². The van der Waals surface area contributed by atoms with Gasteiger partial charge in [-0.3, -0.25) is 19.3 Å². The minimum absolute atomic E-state index is 0.0946. The minimum atomic E-state index is -0.367. The normalized spacial score (nSPS) is 21.0. The molecule has 3 amide bonds. The molecule has 3 aliphatic heterocycles. The Hall–Kier alpha value is -2.52. The fraction of sp³-hybridized carbons (Fsp3) is 0.609. The van der Waals surface area contributed by atoms with Crippen LogP contribution in [-0.4, -0.2) is 109 Å². The maximum Gasteiger partial charge on any atom is 0.253 e. The summed E-state index contributed by atoms with van der Waals surface area (Å²) < 4.78 is 18.4. The summed E-state index contributed by atoms with van der Waals surface area (Å²) in [7, 11) is 0. The topological polar surface area (TPSA) is 73.4 Å². The Morgan fingerprint density at radius 2 is 1.41 bits per heavy atom. The molecule has 0 saturated carbocycles. The molecule has 3 fully saturated rings. The van der Waals surface area contributed by atoms with Crippen LogP contribution in [0.1, 0.15) is 23.2 Å². The highest BCUT2D eigenvalue weighted by Gasteiger charge is 2.33. The Kier molecular flexibility index (Phi) is 7.36. The zero-order chi connectivity index (χ0) is 22.5. The molecular weight excluding hydrogens is 415 g/mol. The molecule has 32 heavy (non-hydrogen) atoms. The van der Waals surface area contributed by atoms with E-state index in [1.54, 1.807) is 4.90 Å². The number of rotatable bonds is 4. The summed E-state index contributed by atoms with van der Waals surface area (Å²) >= 11 is 0. The van der Waals surface area contributed by atoms with Crippen LogP contribution in [0.25, 0.3) is 0 Å². The van der Waals surface area contributed by atoms with E-state index in [1.165, 1.54) is 24.3 Å². The van der Waals surface area contributed by atoms with E-state index in [9.17, 15) is 18.8 Å². The van der Waals surface area contributed by atoms with Gasteiger partial charge < -0.3 is 19.4 Å². The van der Waals surface area contributed by atoms with Crippen molar-refractivity contribution in [2.24, 2.45) is 5.92 Å². The number of piperidine rings is 1. The maximum absolute atomic E-state index is 13.1. The van der Waals surface area contributed by atoms with Crippen molar-refractivity contribution < 1.29 is 23.5 Å². The molecule has 4 rings (SSSR count). The number of carbonyl (C=O) groups excluding carboxylic acids is 3. The van der Waals surface area contributed by atoms with Crippen LogP contribution in [0.4, 0.5) is 4.39 Å². The first-order valence-corrected chi connectivity index (χ1v) is 11.4. The molecule has 0 N–H and O–H groups in total. The monoisotopic (exact) mass is 446 g/mol. The van der Waals surface area contributed by atoms with E-state index >= 15 is 0 Å². The third-order valence-corrected chi connectivity index (χ3v) is 6.63. The second-order valence-electron chi connectivity index (χ2n) is 8.67. The molecule has 0 atom stereocenters. The Balaban J connectivity index is 1.21. The van der Waals surface area contributed by atoms with Gasteiger partial charge >= 0.3 is 0 Å². The lowest BCUT2D eigenvalue weighted by atomic mass is 9.94. The van der Waals surface area contributed by atoms with Crippen molar-refractivity contribution in [2.75, 3.05) is 72.1 Å². The summed E-state index contributed by atoms with van der Waals surface area (Å²) in [5, 5.41) is 0. The predicted molar refractivity (Wildman–Crippen MR) is 115 cm³/mol. The molecule has 0 radical (unpaired) electrons. The molecule has 3 saturated heterocycles. The van der Waals surface area contributed by atoms with E-state index in [0.717, 1.165) is 13.1 Å². The lowest BCUT2D eigenvalue weighted by molar-refractivity contribution is -0.143. The van der Waals surface area contributed by atoms with Crippen LogP contribution in [0.5, 0.6) is 0 Å². The second kappa shape index (κ2) is 10.4. The molecule has 0 spiro atoms. The van der Waals surface area contributed by atoms with Crippen molar-refractivity contribution >= 4 is 17.7 Å². The number of hydrogen-bond donors (Lipinski definition) is 0. The van der Waals surface area contributed by atoms with Crippen molar-refractivity contribution in [3.05, 3.63) is 35.6 Å². The summed E-state index contributed by atoms with van der Waals surface area (Å²) in [4.78, 5) is 45.7. The average Bonchev–Trinajstić information content (AvgIpc) is 2.84. The van der Waals surface area contributed by atoms with E-state index in [-0.39, 0.29) is 29.5 Å². The first-order chi connectivity index (χ1) is 15.5. The Morgan fingerprint density at radius 3 is 2.03 bits per heavy atom. The quantitative estimate of drug-likeness (QED) is 0.680. The highest BCUT2D eigenvalue weighted by atomic mass is 19.1. The standard InChI is InChI=1S/C23H31FN4O4/c24-20-3-1-18(2-4-20)22(30)27-7-5-19(6-8-27)23(31)28-11-9-26(10-12-28)21(29)17-25-13-15-32-16-14-25/h1-4,19H,5-17H2. The van der Waals surface area contributed by atoms with Gasteiger partial charge in [-0.05, 0) is 37.1 Å². The van der Waals surface area contributed by atoms with E-state index in [2.05, 4.69) is 4.90 Å². The first kappa shape index (κ1) is 22.7. The summed E-state index contributed by atoms with van der Waals surface area (Å²) in [5.41, 5.74) is 0.467. The lowest BCUT2D eigenvalue weighted by Crippen LogP contribution is -2.55. The van der Waals surface area contributed by atoms with Crippen LogP contribution in [0, 0.1) is 11.7 Å². The smallest absolute Gasteiger partial charge is 0.253 e. The number of amides is 3. The van der Waals surface area contributed by atoms with Crippen molar-refractivity contribution in [1.82, 2.24) is 19.6 Å². The molecule has 0 bridgehead atoms. The summed E-state index contributed by atoms with van der Waals surface area (Å²) in [6.45, 7) is 6.61. The number of nitrogens with zero attached hydrogens (tertiary/aromatic N) is 4. The zero-order valence-electron chi connectivity index (χ0n) is 18.4. The molecular formula is C23H31FN4O4. The number of halogens is 1. The molecule has 1 aromatic rings. The van der Waals surface area contributed by atoms with E-state index < -0.39 is 0 Å². The van der Waals surface area contributed by atoms with Crippen LogP contribution < -0.4 is 0 Å². The SMILES string of the molecule is O=C(CN1CCOCC1)N1CCN(C(=O)C2CCN(C(=O)c3ccc(F)cc3)CC2)CC1. The molecule has 0 aromatic heterocycles. The minimum Gasteiger partial charge on any atom is -0.379 e. The van der Waals surface area contributed by atoms with Crippen molar-refractivity contribution in [3.63, 3.8) is 0 Å². The Morgan fingerprint density at radius 1 is 0.812 bits per heavy atom. The fourth-order valence-electron chi connectivity index (χ4n) is 4.59. The number of benzene rings is 1. The number of piperazine rings is 1. The predicted octanol–water partition coefficient (Wildman–Crippen LogP) is 0.681. The summed E-state index contributed by atoms with van der Waals surface area (Å²) in [6.07, 6.45) is 1.25. The number of carbonyl (C=O) groups is 3. The highest BCUT2D eigenvalue weighted by molar-refractivity contribution is 5.94. The van der Waals surface area contributed by atoms with Gasteiger partial charge in [-0.1, -0.05) is 0 Å². The van der Waals surface area contributed by atoms with Gasteiger partial charge in [0.15, 0.2) is 0 Å². The fourth-order valence-corrected chi connectivity index (χ4v) is 4.59. The van der Waals surface area contributed by atoms with Crippen molar-refractivity contribution in [2.45, 2.75) is 12.8 Å². The van der Waals surface area contributed by atoms with Crippen LogP contribution in [0.15, 0.2) is 24.3 Å². The third kappa shape index (κ3) is 5.45. The molecule has 1 aromatic carbocycles. The van der Waals surface area contributed by atoms with E-state index in [0.29, 0.717) is 77.4 Å². The second-order valence-corrected chi connectivity index (χ2v) is 8.67. The number of morpholine rings is 1. The van der Waals surface area contributed by atoms with Crippen LogP contribution in [-0.2, 0) is 14.3 Å². The molecule has 0 unspecified atom stereocenters. The van der Waals surface area contributed by atoms with Gasteiger partial charge in [-0.2, -0.15) is 0 Å². The molecule has 174 valence electrons. The lowest BCUT2D eigenvalue weighted by Gasteiger charge is -2.39. The number of likely N-dealkylation sites (tertiary alicyclic amines) is 1. The van der Waals surface area contributed by atoms with Gasteiger partial charge in [0.1, 0.15) is 5.82 Å². The van der Waals surface area contributed by atoms with Gasteiger partial charge in [0.05, 0.1) is 19.8 Å². The first-order valence-electron chi connectivity index (χ1n) is 11.4. The molecule has 8 nitrogen and oxygen atoms in total. The highest BCUT2D eigenvalue weighted by Crippen LogP contribution is 2.22. The molecule has 9 heteroatoms. The van der Waals surface area contributed by atoms with Crippen LogP contribution in [0.3, 0.4) is 0 Å². The Labute approximate surface area is 187 Å². The van der Waals surface area contributed by atoms with E-state index in [1.807, 2.05) is 9.80 Å². The maximum atomic E-state index is 13.1. The van der Waals surface area contributed by atoms with Gasteiger partial charge in [0, 0.05) is 63.8 Å². The van der Waals surface area contributed by atoms with Crippen molar-refractivity contribution in [1.29, 1.82) is 0 Å². The summed E-state index contributed by atoms with van der Waals surface area (Å²) in [6, 6.07) is 5.56. The van der Waals surface area contributed by atoms with E-state index in [4.69, 9.17) is 4.74 Å². The van der Waals surface area contributed by atoms with Gasteiger partial charge in [0.25, 0.3) is 5.91 Å². The van der Waals surface area contributed by atoms with Gasteiger partial charge in [0.2, 0.25) is 11.8 Å². The third-order valence-electron chi connectivity index (χ3n) is 6.63.